The highest BCUT2D eigenvalue weighted by Gasteiger charge is 2.38. The van der Waals surface area contributed by atoms with Crippen LogP contribution in [0.5, 0.6) is 5.75 Å². The Morgan fingerprint density at radius 2 is 1.35 bits per heavy atom. The quantitative estimate of drug-likeness (QED) is 0.0997. The zero-order valence-corrected chi connectivity index (χ0v) is 26.7. The number of nitrogens with zero attached hydrogens (tertiary/aromatic N) is 2. The van der Waals surface area contributed by atoms with Crippen LogP contribution in [0.25, 0.3) is 0 Å². The van der Waals surface area contributed by atoms with E-state index in [4.69, 9.17) is 23.2 Å². The monoisotopic (exact) mass is 766 g/mol. The van der Waals surface area contributed by atoms with Gasteiger partial charge in [-0.25, -0.2) is 35.2 Å². The lowest BCUT2D eigenvalue weighted by atomic mass is 10.1. The smallest absolute Gasteiger partial charge is 0.339 e. The molecule has 0 saturated heterocycles. The number of carboxylic acid groups (broad SMARTS) is 1. The predicted octanol–water partition coefficient (Wildman–Crippen LogP) is 7.28. The third-order valence-electron chi connectivity index (χ3n) is 6.44. The zero-order valence-electron chi connectivity index (χ0n) is 22.7. The summed E-state index contributed by atoms with van der Waals surface area (Å²) in [5.74, 6) is -16.3. The van der Waals surface area contributed by atoms with Gasteiger partial charge < -0.3 is 15.1 Å². The third kappa shape index (κ3) is 7.44. The average molecular weight is 768 g/mol. The molecule has 4 aromatic carbocycles. The van der Waals surface area contributed by atoms with E-state index in [0.717, 1.165) is 23.1 Å². The molecular formula is C29H18BrCl2F5N2O6S. The second-order valence-corrected chi connectivity index (χ2v) is 13.2. The topological polar surface area (TPSA) is 115 Å². The van der Waals surface area contributed by atoms with Crippen LogP contribution in [0.2, 0.25) is 10.0 Å². The van der Waals surface area contributed by atoms with Gasteiger partial charge in [-0.05, 0) is 53.6 Å². The van der Waals surface area contributed by atoms with E-state index >= 15 is 0 Å². The molecule has 0 aliphatic rings. The molecule has 0 heterocycles. The molecule has 2 N–H and O–H groups in total. The van der Waals surface area contributed by atoms with Crippen LogP contribution in [0.1, 0.15) is 21.5 Å². The van der Waals surface area contributed by atoms with E-state index in [-0.39, 0.29) is 32.1 Å². The Morgan fingerprint density at radius 1 is 0.761 bits per heavy atom. The average Bonchev–Trinajstić information content (AvgIpc) is 2.97. The lowest BCUT2D eigenvalue weighted by Gasteiger charge is -2.28. The fourth-order valence-electron chi connectivity index (χ4n) is 4.27. The van der Waals surface area contributed by atoms with Gasteiger partial charge in [-0.1, -0.05) is 51.3 Å². The first-order chi connectivity index (χ1) is 21.5. The molecule has 0 spiro atoms. The lowest BCUT2D eigenvalue weighted by molar-refractivity contribution is -0.119. The molecule has 242 valence electrons. The van der Waals surface area contributed by atoms with E-state index in [1.807, 2.05) is 0 Å². The first-order valence-electron chi connectivity index (χ1n) is 12.6. The van der Waals surface area contributed by atoms with Gasteiger partial charge >= 0.3 is 5.97 Å². The SMILES string of the molecule is O=C(O)c1ccc(N(Cc2cc(Cl)cc(Br)c2)C(=O)CN(Cc2ccc(Cl)cc2)S(=O)(=O)c2c(F)c(F)c(F)c(F)c2F)cc1O. The molecule has 0 aliphatic heterocycles. The highest BCUT2D eigenvalue weighted by atomic mass is 79.9. The van der Waals surface area contributed by atoms with Crippen LogP contribution in [0.4, 0.5) is 27.6 Å². The fourth-order valence-corrected chi connectivity index (χ4v) is 6.82. The largest absolute Gasteiger partial charge is 0.507 e. The number of carbonyl (C=O) groups is 2. The van der Waals surface area contributed by atoms with Crippen molar-refractivity contribution in [3.05, 3.63) is 121 Å². The molecule has 4 rings (SSSR count). The van der Waals surface area contributed by atoms with Gasteiger partial charge in [-0.15, -0.1) is 0 Å². The summed E-state index contributed by atoms with van der Waals surface area (Å²) in [5.41, 5.74) is -0.219. The number of anilines is 1. The number of hydrogen-bond donors (Lipinski definition) is 2. The molecule has 0 aromatic heterocycles. The van der Waals surface area contributed by atoms with Crippen molar-refractivity contribution < 1.29 is 50.2 Å². The highest BCUT2D eigenvalue weighted by molar-refractivity contribution is 9.10. The molecule has 0 aliphatic carbocycles. The van der Waals surface area contributed by atoms with E-state index in [9.17, 15) is 50.2 Å². The Morgan fingerprint density at radius 3 is 1.89 bits per heavy atom. The van der Waals surface area contributed by atoms with Crippen LogP contribution < -0.4 is 4.90 Å². The Labute approximate surface area is 276 Å². The number of hydrogen-bond acceptors (Lipinski definition) is 5. The second kappa shape index (κ2) is 13.9. The summed E-state index contributed by atoms with van der Waals surface area (Å²) in [6.45, 7) is -2.42. The van der Waals surface area contributed by atoms with Crippen molar-refractivity contribution in [1.82, 2.24) is 4.31 Å². The van der Waals surface area contributed by atoms with Gasteiger partial charge in [0.1, 0.15) is 11.3 Å². The summed E-state index contributed by atoms with van der Waals surface area (Å²) in [6.07, 6.45) is 0. The Hall–Kier alpha value is -3.76. The number of carboxylic acids is 1. The van der Waals surface area contributed by atoms with Crippen LogP contribution in [-0.2, 0) is 27.9 Å². The molecule has 0 bridgehead atoms. The minimum absolute atomic E-state index is 0.110. The number of amides is 1. The van der Waals surface area contributed by atoms with Crippen molar-refractivity contribution in [3.8, 4) is 5.75 Å². The number of aromatic carboxylic acids is 1. The molecule has 0 fully saturated rings. The van der Waals surface area contributed by atoms with E-state index in [1.54, 1.807) is 0 Å². The summed E-state index contributed by atoms with van der Waals surface area (Å²) < 4.78 is 99.5. The molecule has 0 radical (unpaired) electrons. The van der Waals surface area contributed by atoms with E-state index in [2.05, 4.69) is 15.9 Å². The van der Waals surface area contributed by atoms with Crippen LogP contribution >= 0.6 is 39.1 Å². The zero-order chi connectivity index (χ0) is 34.1. The maximum Gasteiger partial charge on any atom is 0.339 e. The molecule has 1 amide bonds. The van der Waals surface area contributed by atoms with Crippen molar-refractivity contribution >= 4 is 66.7 Å². The standard InChI is InChI=1S/C29H18BrCl2F5N2O6S/c30-16-7-15(8-18(32)9-16)12-39(19-5-6-20(29(42)43)21(40)10-19)22(41)13-38(11-14-1-3-17(31)4-2-14)46(44,45)28-26(36)24(34)23(33)25(35)27(28)37/h1-10,40H,11-13H2,(H,42,43). The van der Waals surface area contributed by atoms with Gasteiger partial charge in [-0.2, -0.15) is 4.31 Å². The maximum absolute atomic E-state index is 14.8. The normalized spacial score (nSPS) is 11.6. The molecular weight excluding hydrogens is 750 g/mol. The van der Waals surface area contributed by atoms with Crippen molar-refractivity contribution in [2.45, 2.75) is 18.0 Å². The number of halogens is 8. The third-order valence-corrected chi connectivity index (χ3v) is 9.18. The second-order valence-electron chi connectivity index (χ2n) is 9.56. The Balaban J connectivity index is 1.85. The van der Waals surface area contributed by atoms with Gasteiger partial charge in [0.25, 0.3) is 0 Å². The van der Waals surface area contributed by atoms with Crippen molar-refractivity contribution in [1.29, 1.82) is 0 Å². The van der Waals surface area contributed by atoms with Crippen LogP contribution in [0.15, 0.2) is 70.0 Å². The van der Waals surface area contributed by atoms with Crippen LogP contribution in [0, 0.1) is 29.1 Å². The fraction of sp³-hybridized carbons (Fsp3) is 0.103. The van der Waals surface area contributed by atoms with Gasteiger partial charge in [0.15, 0.2) is 28.2 Å². The number of aromatic hydroxyl groups is 1. The van der Waals surface area contributed by atoms with Crippen LogP contribution in [-0.4, -0.2) is 41.4 Å². The van der Waals surface area contributed by atoms with Crippen LogP contribution in [0.3, 0.4) is 0 Å². The Bertz CT molecular complexity index is 1920. The highest BCUT2D eigenvalue weighted by Crippen LogP contribution is 2.32. The van der Waals surface area contributed by atoms with Gasteiger partial charge in [0.2, 0.25) is 21.7 Å². The van der Waals surface area contributed by atoms with Crippen molar-refractivity contribution in [2.75, 3.05) is 11.4 Å². The summed E-state index contributed by atoms with van der Waals surface area (Å²) in [6, 6.07) is 12.8. The minimum Gasteiger partial charge on any atom is -0.507 e. The molecule has 0 unspecified atom stereocenters. The van der Waals surface area contributed by atoms with E-state index < -0.39 is 80.3 Å². The number of rotatable bonds is 10. The lowest BCUT2D eigenvalue weighted by Crippen LogP contribution is -2.43. The first kappa shape index (κ1) is 35.1. The summed E-state index contributed by atoms with van der Waals surface area (Å²) in [7, 11) is -5.66. The summed E-state index contributed by atoms with van der Waals surface area (Å²) in [4.78, 5) is 24.0. The molecule has 0 saturated carbocycles. The number of phenols is 1. The van der Waals surface area contributed by atoms with Crippen molar-refractivity contribution in [3.63, 3.8) is 0 Å². The summed E-state index contributed by atoms with van der Waals surface area (Å²) in [5, 5.41) is 20.0. The molecule has 46 heavy (non-hydrogen) atoms. The predicted molar refractivity (Wildman–Crippen MR) is 161 cm³/mol. The summed E-state index contributed by atoms with van der Waals surface area (Å²) >= 11 is 15.3. The molecule has 4 aromatic rings. The van der Waals surface area contributed by atoms with E-state index in [0.29, 0.717) is 10.0 Å². The number of sulfonamides is 1. The Kier molecular flexibility index (Phi) is 10.6. The van der Waals surface area contributed by atoms with Gasteiger partial charge in [-0.3, -0.25) is 4.79 Å². The van der Waals surface area contributed by atoms with Crippen molar-refractivity contribution in [2.24, 2.45) is 0 Å². The first-order valence-corrected chi connectivity index (χ1v) is 15.6. The molecule has 17 heteroatoms. The minimum atomic E-state index is -5.66. The van der Waals surface area contributed by atoms with Gasteiger partial charge in [0, 0.05) is 32.8 Å². The number of carbonyl (C=O) groups excluding carboxylic acids is 1. The molecule has 0 atom stereocenters. The van der Waals surface area contributed by atoms with Gasteiger partial charge in [0.05, 0.1) is 13.1 Å². The molecule has 8 nitrogen and oxygen atoms in total. The maximum atomic E-state index is 14.8. The number of benzene rings is 4. The van der Waals surface area contributed by atoms with E-state index in [1.165, 1.54) is 42.5 Å².